The van der Waals surface area contributed by atoms with Gasteiger partial charge in [0, 0.05) is 18.7 Å². The Morgan fingerprint density at radius 2 is 1.61 bits per heavy atom. The number of nitrogens with one attached hydrogen (secondary N) is 1. The van der Waals surface area contributed by atoms with Crippen LogP contribution in [0.25, 0.3) is 0 Å². The number of fused-ring (bicyclic) bond motifs is 1. The third kappa shape index (κ3) is 4.57. The number of anilines is 1. The summed E-state index contributed by atoms with van der Waals surface area (Å²) in [5, 5.41) is 2.82. The Morgan fingerprint density at radius 3 is 2.18 bits per heavy atom. The van der Waals surface area contributed by atoms with Gasteiger partial charge in [-0.15, -0.1) is 0 Å². The number of carbonyl (C=O) groups excluding carboxylic acids is 3. The lowest BCUT2D eigenvalue weighted by Gasteiger charge is -2.13. The SMILES string of the molecule is CC(C)COc1ccc(NC(=O)CCCN2C(=O)c3ccccc3C2=O)cc1. The molecule has 0 saturated heterocycles. The van der Waals surface area contributed by atoms with Crippen LogP contribution in [-0.2, 0) is 4.79 Å². The minimum atomic E-state index is -0.294. The van der Waals surface area contributed by atoms with Gasteiger partial charge in [-0.1, -0.05) is 26.0 Å². The second-order valence-corrected chi connectivity index (χ2v) is 7.19. The number of amides is 3. The van der Waals surface area contributed by atoms with Crippen LogP contribution < -0.4 is 10.1 Å². The second kappa shape index (κ2) is 8.69. The summed E-state index contributed by atoms with van der Waals surface area (Å²) >= 11 is 0. The molecule has 0 atom stereocenters. The van der Waals surface area contributed by atoms with Gasteiger partial charge in [-0.25, -0.2) is 0 Å². The molecule has 0 unspecified atom stereocenters. The smallest absolute Gasteiger partial charge is 0.261 e. The molecule has 3 amide bonds. The van der Waals surface area contributed by atoms with Crippen molar-refractivity contribution in [1.82, 2.24) is 4.90 Å². The number of hydrogen-bond acceptors (Lipinski definition) is 4. The van der Waals surface area contributed by atoms with Crippen LogP contribution in [0.15, 0.2) is 48.5 Å². The summed E-state index contributed by atoms with van der Waals surface area (Å²) in [7, 11) is 0. The predicted molar refractivity (Wildman–Crippen MR) is 106 cm³/mol. The fourth-order valence-corrected chi connectivity index (χ4v) is 2.96. The fourth-order valence-electron chi connectivity index (χ4n) is 2.96. The fraction of sp³-hybridized carbons (Fsp3) is 0.318. The molecule has 0 aliphatic carbocycles. The standard InChI is InChI=1S/C22H24N2O4/c1-15(2)14-28-17-11-9-16(10-12-17)23-20(25)8-5-13-24-21(26)18-6-3-4-7-19(18)22(24)27/h3-4,6-7,9-12,15H,5,8,13-14H2,1-2H3,(H,23,25). The number of ether oxygens (including phenoxy) is 1. The van der Waals surface area contributed by atoms with Crippen molar-refractivity contribution in [2.45, 2.75) is 26.7 Å². The van der Waals surface area contributed by atoms with E-state index in [4.69, 9.17) is 4.74 Å². The van der Waals surface area contributed by atoms with Gasteiger partial charge >= 0.3 is 0 Å². The van der Waals surface area contributed by atoms with Crippen LogP contribution >= 0.6 is 0 Å². The molecular weight excluding hydrogens is 356 g/mol. The molecule has 0 radical (unpaired) electrons. The predicted octanol–water partition coefficient (Wildman–Crippen LogP) is 3.74. The Labute approximate surface area is 164 Å². The summed E-state index contributed by atoms with van der Waals surface area (Å²) in [5.74, 6) is 0.460. The summed E-state index contributed by atoms with van der Waals surface area (Å²) in [6.07, 6.45) is 0.631. The van der Waals surface area contributed by atoms with Gasteiger partial charge in [-0.05, 0) is 48.7 Å². The zero-order chi connectivity index (χ0) is 20.1. The molecule has 2 aromatic rings. The van der Waals surface area contributed by atoms with Crippen molar-refractivity contribution in [2.24, 2.45) is 5.92 Å². The maximum absolute atomic E-state index is 12.3. The molecule has 6 heteroatoms. The van der Waals surface area contributed by atoms with E-state index in [1.807, 2.05) is 12.1 Å². The Kier molecular flexibility index (Phi) is 6.09. The van der Waals surface area contributed by atoms with Gasteiger partial charge in [0.05, 0.1) is 17.7 Å². The second-order valence-electron chi connectivity index (χ2n) is 7.19. The first-order valence-corrected chi connectivity index (χ1v) is 9.43. The molecule has 6 nitrogen and oxygen atoms in total. The average molecular weight is 380 g/mol. The molecule has 2 aromatic carbocycles. The number of imide groups is 1. The van der Waals surface area contributed by atoms with Gasteiger partial charge in [-0.2, -0.15) is 0 Å². The van der Waals surface area contributed by atoms with Crippen LogP contribution in [0.3, 0.4) is 0 Å². The minimum absolute atomic E-state index is 0.160. The lowest BCUT2D eigenvalue weighted by atomic mass is 10.1. The number of carbonyl (C=O) groups is 3. The van der Waals surface area contributed by atoms with Gasteiger partial charge < -0.3 is 10.1 Å². The van der Waals surface area contributed by atoms with Gasteiger partial charge in [0.15, 0.2) is 0 Å². The van der Waals surface area contributed by atoms with Crippen LogP contribution in [0, 0.1) is 5.92 Å². The molecule has 1 aliphatic heterocycles. The number of hydrogen-bond donors (Lipinski definition) is 1. The van der Waals surface area contributed by atoms with Crippen LogP contribution in [0.4, 0.5) is 5.69 Å². The summed E-state index contributed by atoms with van der Waals surface area (Å²) in [6, 6.07) is 14.0. The molecule has 0 fully saturated rings. The highest BCUT2D eigenvalue weighted by Gasteiger charge is 2.34. The van der Waals surface area contributed by atoms with Gasteiger partial charge in [-0.3, -0.25) is 19.3 Å². The van der Waals surface area contributed by atoms with E-state index in [0.29, 0.717) is 35.8 Å². The lowest BCUT2D eigenvalue weighted by Crippen LogP contribution is -2.31. The van der Waals surface area contributed by atoms with E-state index < -0.39 is 0 Å². The number of nitrogens with zero attached hydrogens (tertiary/aromatic N) is 1. The monoisotopic (exact) mass is 380 g/mol. The highest BCUT2D eigenvalue weighted by Crippen LogP contribution is 2.23. The molecule has 1 heterocycles. The third-order valence-electron chi connectivity index (χ3n) is 4.39. The molecule has 1 N–H and O–H groups in total. The topological polar surface area (TPSA) is 75.7 Å². The summed E-state index contributed by atoms with van der Waals surface area (Å²) in [6.45, 7) is 5.03. The van der Waals surface area contributed by atoms with E-state index in [0.717, 1.165) is 5.75 Å². The maximum Gasteiger partial charge on any atom is 0.261 e. The largest absolute Gasteiger partial charge is 0.493 e. The van der Waals surface area contributed by atoms with E-state index in [-0.39, 0.29) is 30.7 Å². The summed E-state index contributed by atoms with van der Waals surface area (Å²) in [4.78, 5) is 37.9. The van der Waals surface area contributed by atoms with Crippen molar-refractivity contribution in [3.05, 3.63) is 59.7 Å². The Hall–Kier alpha value is -3.15. The van der Waals surface area contributed by atoms with E-state index >= 15 is 0 Å². The van der Waals surface area contributed by atoms with Crippen molar-refractivity contribution < 1.29 is 19.1 Å². The first kappa shape index (κ1) is 19.6. The molecule has 0 spiro atoms. The highest BCUT2D eigenvalue weighted by atomic mass is 16.5. The Morgan fingerprint density at radius 1 is 1.00 bits per heavy atom. The molecule has 3 rings (SSSR count). The minimum Gasteiger partial charge on any atom is -0.493 e. The van der Waals surface area contributed by atoms with Crippen molar-refractivity contribution in [3.8, 4) is 5.75 Å². The maximum atomic E-state index is 12.3. The molecule has 0 bridgehead atoms. The summed E-state index contributed by atoms with van der Waals surface area (Å²) in [5.41, 5.74) is 1.54. The zero-order valence-corrected chi connectivity index (χ0v) is 16.1. The van der Waals surface area contributed by atoms with Crippen LogP contribution in [0.2, 0.25) is 0 Å². The average Bonchev–Trinajstić information content (AvgIpc) is 2.92. The highest BCUT2D eigenvalue weighted by molar-refractivity contribution is 6.21. The molecular formula is C22H24N2O4. The normalized spacial score (nSPS) is 13.0. The van der Waals surface area contributed by atoms with Crippen LogP contribution in [0.1, 0.15) is 47.4 Å². The Bertz CT molecular complexity index is 839. The van der Waals surface area contributed by atoms with Crippen LogP contribution in [-0.4, -0.2) is 35.8 Å². The van der Waals surface area contributed by atoms with Crippen molar-refractivity contribution in [2.75, 3.05) is 18.5 Å². The van der Waals surface area contributed by atoms with Crippen molar-refractivity contribution in [1.29, 1.82) is 0 Å². The van der Waals surface area contributed by atoms with Gasteiger partial charge in [0.25, 0.3) is 11.8 Å². The quantitative estimate of drug-likeness (QED) is 0.708. The number of benzene rings is 2. The van der Waals surface area contributed by atoms with E-state index in [2.05, 4.69) is 19.2 Å². The van der Waals surface area contributed by atoms with Crippen molar-refractivity contribution >= 4 is 23.4 Å². The zero-order valence-electron chi connectivity index (χ0n) is 16.1. The van der Waals surface area contributed by atoms with Crippen molar-refractivity contribution in [3.63, 3.8) is 0 Å². The molecule has 146 valence electrons. The molecule has 1 aliphatic rings. The van der Waals surface area contributed by atoms with Gasteiger partial charge in [0.2, 0.25) is 5.91 Å². The molecule has 0 saturated carbocycles. The molecule has 0 aromatic heterocycles. The lowest BCUT2D eigenvalue weighted by molar-refractivity contribution is -0.116. The van der Waals surface area contributed by atoms with Gasteiger partial charge in [0.1, 0.15) is 5.75 Å². The first-order chi connectivity index (χ1) is 13.5. The van der Waals surface area contributed by atoms with E-state index in [1.54, 1.807) is 36.4 Å². The summed E-state index contributed by atoms with van der Waals surface area (Å²) < 4.78 is 5.61. The van der Waals surface area contributed by atoms with E-state index in [1.165, 1.54) is 4.90 Å². The Balaban J connectivity index is 1.45. The number of rotatable bonds is 8. The first-order valence-electron chi connectivity index (χ1n) is 9.43. The van der Waals surface area contributed by atoms with Crippen LogP contribution in [0.5, 0.6) is 5.75 Å². The van der Waals surface area contributed by atoms with E-state index in [9.17, 15) is 14.4 Å². The molecule has 28 heavy (non-hydrogen) atoms. The third-order valence-corrected chi connectivity index (χ3v) is 4.39.